The van der Waals surface area contributed by atoms with E-state index in [0.29, 0.717) is 11.4 Å². The summed E-state index contributed by atoms with van der Waals surface area (Å²) in [5.41, 5.74) is 0.898. The number of fused-ring (bicyclic) bond motifs is 1. The third kappa shape index (κ3) is 0.294. The van der Waals surface area contributed by atoms with Crippen molar-refractivity contribution in [1.82, 2.24) is 9.97 Å². The highest BCUT2D eigenvalue weighted by Gasteiger charge is 1.98. The first-order chi connectivity index (χ1) is 3.97. The average molecular weight is 110 g/mol. The second-order valence-corrected chi connectivity index (χ2v) is 1.32. The van der Waals surface area contributed by atoms with Gasteiger partial charge in [-0.15, -0.1) is 0 Å². The molecule has 0 aliphatic carbocycles. The zero-order chi connectivity index (χ0) is 5.40. The summed E-state index contributed by atoms with van der Waals surface area (Å²) >= 11 is 0. The fourth-order valence-electron chi connectivity index (χ4n) is 0.520. The van der Waals surface area contributed by atoms with Crippen LogP contribution in [0.25, 0.3) is 11.4 Å². The van der Waals surface area contributed by atoms with E-state index in [1.807, 2.05) is 0 Å². The molecule has 0 saturated heterocycles. The molecule has 2 rings (SSSR count). The lowest BCUT2D eigenvalue weighted by Gasteiger charge is -1.59. The monoisotopic (exact) mass is 110 g/mol. The molecule has 0 atom stereocenters. The van der Waals surface area contributed by atoms with Crippen molar-refractivity contribution in [2.75, 3.05) is 0 Å². The normalized spacial score (nSPS) is 10.5. The minimum absolute atomic E-state index is 0.449. The number of oxazole rings is 2. The molecule has 0 radical (unpaired) electrons. The highest BCUT2D eigenvalue weighted by Crippen LogP contribution is 2.06. The van der Waals surface area contributed by atoms with Gasteiger partial charge >= 0.3 is 0 Å². The van der Waals surface area contributed by atoms with Gasteiger partial charge in [0.25, 0.3) is 11.4 Å². The largest absolute Gasteiger partial charge is 0.422 e. The summed E-state index contributed by atoms with van der Waals surface area (Å²) in [7, 11) is 0. The zero-order valence-electron chi connectivity index (χ0n) is 3.87. The van der Waals surface area contributed by atoms with Crippen LogP contribution in [-0.2, 0) is 0 Å². The van der Waals surface area contributed by atoms with Gasteiger partial charge in [-0.25, -0.2) is 0 Å². The first kappa shape index (κ1) is 3.65. The van der Waals surface area contributed by atoms with Crippen LogP contribution in [0.4, 0.5) is 0 Å². The Hall–Kier alpha value is -1.32. The quantitative estimate of drug-likeness (QED) is 0.503. The standard InChI is InChI=1S/C4H2N2O2/c1-5-3-4(7-1)6-2-8-3/h1-2H. The molecule has 40 valence electrons. The number of hydrogen-bond acceptors (Lipinski definition) is 4. The summed E-state index contributed by atoms with van der Waals surface area (Å²) in [6.45, 7) is 0. The fraction of sp³-hybridized carbons (Fsp3) is 0. The summed E-state index contributed by atoms with van der Waals surface area (Å²) in [5, 5.41) is 0. The topological polar surface area (TPSA) is 52.1 Å². The van der Waals surface area contributed by atoms with Crippen molar-refractivity contribution < 1.29 is 8.83 Å². The van der Waals surface area contributed by atoms with E-state index in [9.17, 15) is 0 Å². The molecule has 0 fully saturated rings. The van der Waals surface area contributed by atoms with E-state index in [0.717, 1.165) is 0 Å². The molecular formula is C4H2N2O2. The molecule has 4 heteroatoms. The van der Waals surface area contributed by atoms with Crippen LogP contribution in [0, 0.1) is 0 Å². The van der Waals surface area contributed by atoms with E-state index in [1.165, 1.54) is 12.8 Å². The van der Waals surface area contributed by atoms with Crippen molar-refractivity contribution in [1.29, 1.82) is 0 Å². The first-order valence-corrected chi connectivity index (χ1v) is 2.09. The van der Waals surface area contributed by atoms with Gasteiger partial charge in [0.1, 0.15) is 0 Å². The maximum Gasteiger partial charge on any atom is 0.287 e. The van der Waals surface area contributed by atoms with Gasteiger partial charge < -0.3 is 8.83 Å². The highest BCUT2D eigenvalue weighted by atomic mass is 16.4. The minimum atomic E-state index is 0.449. The van der Waals surface area contributed by atoms with Crippen LogP contribution in [0.1, 0.15) is 0 Å². The summed E-state index contributed by atoms with van der Waals surface area (Å²) in [6, 6.07) is 0. The Kier molecular flexibility index (Phi) is 0.498. The predicted molar refractivity (Wildman–Crippen MR) is 24.1 cm³/mol. The van der Waals surface area contributed by atoms with Crippen LogP contribution in [0.2, 0.25) is 0 Å². The van der Waals surface area contributed by atoms with Crippen LogP contribution in [-0.4, -0.2) is 9.97 Å². The van der Waals surface area contributed by atoms with Gasteiger partial charge in [0.15, 0.2) is 12.8 Å². The van der Waals surface area contributed by atoms with Crippen molar-refractivity contribution in [3.63, 3.8) is 0 Å². The highest BCUT2D eigenvalue weighted by molar-refractivity contribution is 5.57. The Bertz CT molecular complexity index is 233. The molecule has 0 N–H and O–H groups in total. The fourth-order valence-corrected chi connectivity index (χ4v) is 0.520. The van der Waals surface area contributed by atoms with Gasteiger partial charge in [0, 0.05) is 0 Å². The lowest BCUT2D eigenvalue weighted by atomic mass is 10.8. The molecule has 0 aromatic carbocycles. The average Bonchev–Trinajstić information content (AvgIpc) is 2.15. The zero-order valence-corrected chi connectivity index (χ0v) is 3.87. The summed E-state index contributed by atoms with van der Waals surface area (Å²) in [5.74, 6) is 0. The van der Waals surface area contributed by atoms with Gasteiger partial charge in [-0.1, -0.05) is 0 Å². The van der Waals surface area contributed by atoms with E-state index < -0.39 is 0 Å². The molecule has 0 aliphatic heterocycles. The van der Waals surface area contributed by atoms with Gasteiger partial charge in [0.2, 0.25) is 0 Å². The van der Waals surface area contributed by atoms with Crippen LogP contribution >= 0.6 is 0 Å². The Morgan fingerprint density at radius 1 is 1.00 bits per heavy atom. The maximum atomic E-state index is 4.74. The Balaban J connectivity index is 3.06. The van der Waals surface area contributed by atoms with Crippen molar-refractivity contribution in [3.8, 4) is 0 Å². The van der Waals surface area contributed by atoms with Gasteiger partial charge in [-0.05, 0) is 0 Å². The molecular weight excluding hydrogens is 108 g/mol. The van der Waals surface area contributed by atoms with Crippen molar-refractivity contribution in [2.24, 2.45) is 0 Å². The molecule has 8 heavy (non-hydrogen) atoms. The Morgan fingerprint density at radius 2 is 1.50 bits per heavy atom. The van der Waals surface area contributed by atoms with E-state index in [1.54, 1.807) is 0 Å². The number of aromatic nitrogens is 2. The summed E-state index contributed by atoms with van der Waals surface area (Å²) < 4.78 is 9.48. The van der Waals surface area contributed by atoms with Crippen molar-refractivity contribution in [3.05, 3.63) is 12.8 Å². The maximum absolute atomic E-state index is 4.74. The lowest BCUT2D eigenvalue weighted by molar-refractivity contribution is 0.576. The SMILES string of the molecule is c1nc2ocnc2o1. The third-order valence-corrected chi connectivity index (χ3v) is 0.852. The van der Waals surface area contributed by atoms with E-state index in [-0.39, 0.29) is 0 Å². The van der Waals surface area contributed by atoms with Crippen LogP contribution in [0.15, 0.2) is 21.6 Å². The van der Waals surface area contributed by atoms with Crippen LogP contribution in [0.3, 0.4) is 0 Å². The van der Waals surface area contributed by atoms with Crippen molar-refractivity contribution >= 4 is 11.4 Å². The van der Waals surface area contributed by atoms with Crippen LogP contribution < -0.4 is 0 Å². The number of hydrogen-bond donors (Lipinski definition) is 0. The molecule has 0 spiro atoms. The van der Waals surface area contributed by atoms with Gasteiger partial charge in [-0.3, -0.25) is 0 Å². The first-order valence-electron chi connectivity index (χ1n) is 2.09. The molecule has 0 amide bonds. The lowest BCUT2D eigenvalue weighted by Crippen LogP contribution is -1.51. The minimum Gasteiger partial charge on any atom is -0.422 e. The molecule has 4 nitrogen and oxygen atoms in total. The number of rotatable bonds is 0. The molecule has 0 bridgehead atoms. The Morgan fingerprint density at radius 3 is 2.00 bits per heavy atom. The second-order valence-electron chi connectivity index (χ2n) is 1.32. The van der Waals surface area contributed by atoms with Gasteiger partial charge in [-0.2, -0.15) is 9.97 Å². The molecule has 2 aromatic heterocycles. The van der Waals surface area contributed by atoms with Gasteiger partial charge in [0.05, 0.1) is 0 Å². The van der Waals surface area contributed by atoms with Crippen molar-refractivity contribution in [2.45, 2.75) is 0 Å². The van der Waals surface area contributed by atoms with E-state index in [2.05, 4.69) is 9.97 Å². The predicted octanol–water partition coefficient (Wildman–Crippen LogP) is 0.816. The second kappa shape index (κ2) is 1.09. The molecule has 2 aromatic rings. The van der Waals surface area contributed by atoms with Crippen LogP contribution in [0.5, 0.6) is 0 Å². The summed E-state index contributed by atoms with van der Waals surface area (Å²) in [6.07, 6.45) is 2.59. The van der Waals surface area contributed by atoms with E-state index in [4.69, 9.17) is 8.83 Å². The third-order valence-electron chi connectivity index (χ3n) is 0.852. The molecule has 0 unspecified atom stereocenters. The summed E-state index contributed by atoms with van der Waals surface area (Å²) in [4.78, 5) is 7.37. The number of nitrogens with zero attached hydrogens (tertiary/aromatic N) is 2. The Labute approximate surface area is 44.1 Å². The molecule has 0 saturated carbocycles. The van der Waals surface area contributed by atoms with E-state index >= 15 is 0 Å². The molecule has 0 aliphatic rings. The smallest absolute Gasteiger partial charge is 0.287 e. The molecule has 2 heterocycles.